The second kappa shape index (κ2) is 4.20. The van der Waals surface area contributed by atoms with E-state index in [9.17, 15) is 0 Å². The first-order valence-corrected chi connectivity index (χ1v) is 6.72. The van der Waals surface area contributed by atoms with Crippen LogP contribution in [-0.4, -0.2) is 9.97 Å². The minimum atomic E-state index is -0.126. The maximum atomic E-state index is 6.24. The summed E-state index contributed by atoms with van der Waals surface area (Å²) in [5, 5.41) is 1.03. The van der Waals surface area contributed by atoms with Gasteiger partial charge >= 0.3 is 0 Å². The van der Waals surface area contributed by atoms with Crippen LogP contribution in [0.25, 0.3) is 0 Å². The molecule has 0 bridgehead atoms. The summed E-state index contributed by atoms with van der Waals surface area (Å²) >= 11 is 1.77. The first-order valence-electron chi connectivity index (χ1n) is 5.90. The molecule has 0 saturated heterocycles. The molecule has 2 heterocycles. The molecule has 3 nitrogen and oxygen atoms in total. The molecule has 17 heavy (non-hydrogen) atoms. The van der Waals surface area contributed by atoms with Crippen molar-refractivity contribution in [3.05, 3.63) is 45.2 Å². The van der Waals surface area contributed by atoms with Gasteiger partial charge in [-0.05, 0) is 37.8 Å². The topological polar surface area (TPSA) is 51.8 Å². The number of thiazole rings is 1. The number of aromatic nitrogens is 2. The fraction of sp³-hybridized carbons (Fsp3) is 0.385. The zero-order valence-corrected chi connectivity index (χ0v) is 10.6. The summed E-state index contributed by atoms with van der Waals surface area (Å²) in [5.74, 6) is 0. The number of pyridine rings is 1. The zero-order chi connectivity index (χ0) is 11.8. The molecule has 0 spiro atoms. The Morgan fingerprint density at radius 1 is 1.35 bits per heavy atom. The minimum absolute atomic E-state index is 0.126. The van der Waals surface area contributed by atoms with Crippen LogP contribution in [0, 0.1) is 6.92 Å². The Morgan fingerprint density at radius 2 is 2.24 bits per heavy atom. The lowest BCUT2D eigenvalue weighted by atomic mass is 10.1. The van der Waals surface area contributed by atoms with E-state index < -0.39 is 0 Å². The third-order valence-corrected chi connectivity index (χ3v) is 4.41. The van der Waals surface area contributed by atoms with E-state index in [1.54, 1.807) is 11.3 Å². The summed E-state index contributed by atoms with van der Waals surface area (Å²) < 4.78 is 0. The Hall–Kier alpha value is -1.26. The molecule has 0 saturated carbocycles. The van der Waals surface area contributed by atoms with Crippen LogP contribution in [0.3, 0.4) is 0 Å². The summed E-state index contributed by atoms with van der Waals surface area (Å²) in [4.78, 5) is 10.4. The van der Waals surface area contributed by atoms with Crippen molar-refractivity contribution in [3.63, 3.8) is 0 Å². The van der Waals surface area contributed by atoms with Crippen molar-refractivity contribution in [2.75, 3.05) is 0 Å². The molecular weight excluding hydrogens is 230 g/mol. The van der Waals surface area contributed by atoms with Crippen LogP contribution in [0.4, 0.5) is 0 Å². The van der Waals surface area contributed by atoms with Gasteiger partial charge in [0.15, 0.2) is 0 Å². The van der Waals surface area contributed by atoms with Crippen molar-refractivity contribution in [2.24, 2.45) is 5.73 Å². The molecule has 1 aliphatic carbocycles. The van der Waals surface area contributed by atoms with Crippen molar-refractivity contribution >= 4 is 11.3 Å². The summed E-state index contributed by atoms with van der Waals surface area (Å²) in [5.41, 5.74) is 9.56. The number of hydrogen-bond donors (Lipinski definition) is 1. The molecule has 1 atom stereocenters. The maximum Gasteiger partial charge on any atom is 0.115 e. The van der Waals surface area contributed by atoms with Gasteiger partial charge in [0.05, 0.1) is 11.7 Å². The second-order valence-electron chi connectivity index (χ2n) is 4.49. The number of aryl methyl sites for hydroxylation is 3. The molecule has 4 heteroatoms. The van der Waals surface area contributed by atoms with Gasteiger partial charge in [-0.25, -0.2) is 4.98 Å². The summed E-state index contributed by atoms with van der Waals surface area (Å²) in [6.45, 7) is 1.98. The van der Waals surface area contributed by atoms with Crippen LogP contribution < -0.4 is 5.73 Å². The van der Waals surface area contributed by atoms with E-state index >= 15 is 0 Å². The molecule has 0 radical (unpaired) electrons. The van der Waals surface area contributed by atoms with Gasteiger partial charge in [-0.3, -0.25) is 4.98 Å². The first kappa shape index (κ1) is 10.9. The SMILES string of the molecule is Cc1ccc(C(N)c2nc3c(s2)CCC3)cn1. The van der Waals surface area contributed by atoms with Crippen LogP contribution in [0.2, 0.25) is 0 Å². The monoisotopic (exact) mass is 245 g/mol. The van der Waals surface area contributed by atoms with E-state index in [4.69, 9.17) is 5.73 Å². The van der Waals surface area contributed by atoms with Gasteiger partial charge in [0, 0.05) is 16.8 Å². The fourth-order valence-electron chi connectivity index (χ4n) is 2.15. The van der Waals surface area contributed by atoms with E-state index in [1.807, 2.05) is 25.3 Å². The number of fused-ring (bicyclic) bond motifs is 1. The molecular formula is C13H15N3S. The largest absolute Gasteiger partial charge is 0.318 e. The number of nitrogens with two attached hydrogens (primary N) is 1. The Balaban J connectivity index is 1.90. The van der Waals surface area contributed by atoms with Crippen molar-refractivity contribution in [1.29, 1.82) is 0 Å². The lowest BCUT2D eigenvalue weighted by Crippen LogP contribution is -2.12. The zero-order valence-electron chi connectivity index (χ0n) is 9.81. The predicted molar refractivity (Wildman–Crippen MR) is 69.1 cm³/mol. The van der Waals surface area contributed by atoms with Gasteiger partial charge in [-0.2, -0.15) is 0 Å². The maximum absolute atomic E-state index is 6.24. The standard InChI is InChI=1S/C13H15N3S/c1-8-5-6-9(7-15-8)12(14)13-16-10-3-2-4-11(10)17-13/h5-7,12H,2-4,14H2,1H3. The Morgan fingerprint density at radius 3 is 2.94 bits per heavy atom. The van der Waals surface area contributed by atoms with Gasteiger partial charge in [-0.1, -0.05) is 6.07 Å². The molecule has 1 aliphatic rings. The van der Waals surface area contributed by atoms with Crippen molar-refractivity contribution in [2.45, 2.75) is 32.2 Å². The van der Waals surface area contributed by atoms with Gasteiger partial charge in [0.1, 0.15) is 5.01 Å². The Bertz CT molecular complexity index is 509. The highest BCUT2D eigenvalue weighted by Gasteiger charge is 2.20. The first-order chi connectivity index (χ1) is 8.24. The Labute approximate surface area is 105 Å². The molecule has 0 fully saturated rings. The smallest absolute Gasteiger partial charge is 0.115 e. The van der Waals surface area contributed by atoms with Gasteiger partial charge in [0.25, 0.3) is 0 Å². The number of rotatable bonds is 2. The van der Waals surface area contributed by atoms with E-state index in [2.05, 4.69) is 9.97 Å². The van der Waals surface area contributed by atoms with Crippen LogP contribution in [0.1, 0.15) is 39.3 Å². The lowest BCUT2D eigenvalue weighted by Gasteiger charge is -2.08. The number of nitrogens with zero attached hydrogens (tertiary/aromatic N) is 2. The van der Waals surface area contributed by atoms with Crippen LogP contribution >= 0.6 is 11.3 Å². The minimum Gasteiger partial charge on any atom is -0.318 e. The number of hydrogen-bond acceptors (Lipinski definition) is 4. The summed E-state index contributed by atoms with van der Waals surface area (Å²) in [6.07, 6.45) is 5.39. The molecule has 1 unspecified atom stereocenters. The Kier molecular flexibility index (Phi) is 2.68. The quantitative estimate of drug-likeness (QED) is 0.883. The van der Waals surface area contributed by atoms with Crippen molar-refractivity contribution in [1.82, 2.24) is 9.97 Å². The van der Waals surface area contributed by atoms with E-state index in [1.165, 1.54) is 23.4 Å². The molecule has 0 amide bonds. The molecule has 0 aliphatic heterocycles. The molecule has 2 aromatic rings. The van der Waals surface area contributed by atoms with E-state index in [0.717, 1.165) is 22.7 Å². The highest BCUT2D eigenvalue weighted by molar-refractivity contribution is 7.11. The second-order valence-corrected chi connectivity index (χ2v) is 5.60. The predicted octanol–water partition coefficient (Wildman–Crippen LogP) is 2.38. The van der Waals surface area contributed by atoms with E-state index in [-0.39, 0.29) is 6.04 Å². The normalized spacial score (nSPS) is 15.9. The average Bonchev–Trinajstić information content (AvgIpc) is 2.89. The van der Waals surface area contributed by atoms with Crippen LogP contribution in [-0.2, 0) is 12.8 Å². The third kappa shape index (κ3) is 1.98. The summed E-state index contributed by atoms with van der Waals surface area (Å²) in [7, 11) is 0. The highest BCUT2D eigenvalue weighted by atomic mass is 32.1. The van der Waals surface area contributed by atoms with Gasteiger partial charge in [-0.15, -0.1) is 11.3 Å². The molecule has 88 valence electrons. The molecule has 0 aromatic carbocycles. The third-order valence-electron chi connectivity index (χ3n) is 3.17. The average molecular weight is 245 g/mol. The van der Waals surface area contributed by atoms with Crippen molar-refractivity contribution in [3.8, 4) is 0 Å². The fourth-order valence-corrected chi connectivity index (χ4v) is 3.33. The van der Waals surface area contributed by atoms with Gasteiger partial charge < -0.3 is 5.73 Å². The molecule has 2 N–H and O–H groups in total. The van der Waals surface area contributed by atoms with E-state index in [0.29, 0.717) is 0 Å². The summed E-state index contributed by atoms with van der Waals surface area (Å²) in [6, 6.07) is 3.91. The van der Waals surface area contributed by atoms with Crippen LogP contribution in [0.15, 0.2) is 18.3 Å². The molecule has 3 rings (SSSR count). The van der Waals surface area contributed by atoms with Gasteiger partial charge in [0.2, 0.25) is 0 Å². The van der Waals surface area contributed by atoms with Crippen molar-refractivity contribution < 1.29 is 0 Å². The highest BCUT2D eigenvalue weighted by Crippen LogP contribution is 2.31. The van der Waals surface area contributed by atoms with Crippen LogP contribution in [0.5, 0.6) is 0 Å². The lowest BCUT2D eigenvalue weighted by molar-refractivity contribution is 0.827. The molecule has 2 aromatic heterocycles.